The first-order valence-electron chi connectivity index (χ1n) is 4.84. The molecule has 5 heteroatoms. The highest BCUT2D eigenvalue weighted by Crippen LogP contribution is 2.34. The molecule has 17 heavy (non-hydrogen) atoms. The maximum Gasteiger partial charge on any atom is 0.0868 e. The Morgan fingerprint density at radius 3 is 2.18 bits per heavy atom. The summed E-state index contributed by atoms with van der Waals surface area (Å²) in [5, 5.41) is 10.6. The minimum Gasteiger partial charge on any atom is -0.390 e. The van der Waals surface area contributed by atoms with E-state index in [1.807, 2.05) is 0 Å². The van der Waals surface area contributed by atoms with Crippen LogP contribution in [0, 0.1) is 0 Å². The van der Waals surface area contributed by atoms with Crippen molar-refractivity contribution in [1.29, 1.82) is 0 Å². The molecule has 0 saturated carbocycles. The van der Waals surface area contributed by atoms with Crippen molar-refractivity contribution in [3.63, 3.8) is 0 Å². The Balaban J connectivity index is 2.61. The monoisotopic (exact) mass is 287 g/mol. The minimum absolute atomic E-state index is 0.227. The molecule has 2 rings (SSSR count). The second kappa shape index (κ2) is 5.23. The molecule has 1 heterocycles. The maximum atomic E-state index is 9.12. The average Bonchev–Trinajstić information content (AvgIpc) is 2.31. The zero-order chi connectivity index (χ0) is 12.4. The maximum absolute atomic E-state index is 9.12. The summed E-state index contributed by atoms with van der Waals surface area (Å²) in [7, 11) is 0. The molecule has 0 aliphatic carbocycles. The first-order chi connectivity index (χ1) is 8.13. The summed E-state index contributed by atoms with van der Waals surface area (Å²) in [6, 6.07) is 8.61. The molecular formula is C12H8Cl3NO. The lowest BCUT2D eigenvalue weighted by atomic mass is 10.1. The van der Waals surface area contributed by atoms with Crippen LogP contribution >= 0.6 is 34.8 Å². The van der Waals surface area contributed by atoms with Crippen LogP contribution in [0.3, 0.4) is 0 Å². The molecule has 0 saturated heterocycles. The van der Waals surface area contributed by atoms with E-state index in [9.17, 15) is 0 Å². The molecule has 0 spiro atoms. The molecule has 0 aliphatic heterocycles. The highest BCUT2D eigenvalue weighted by molar-refractivity contribution is 6.39. The Morgan fingerprint density at radius 1 is 0.941 bits per heavy atom. The van der Waals surface area contributed by atoms with Crippen LogP contribution in [0.25, 0.3) is 11.3 Å². The van der Waals surface area contributed by atoms with E-state index in [4.69, 9.17) is 39.9 Å². The summed E-state index contributed by atoms with van der Waals surface area (Å²) >= 11 is 18.0. The van der Waals surface area contributed by atoms with E-state index in [-0.39, 0.29) is 6.61 Å². The topological polar surface area (TPSA) is 33.1 Å². The molecule has 0 aliphatic rings. The van der Waals surface area contributed by atoms with Gasteiger partial charge in [-0.25, -0.2) is 4.98 Å². The lowest BCUT2D eigenvalue weighted by Crippen LogP contribution is -1.94. The van der Waals surface area contributed by atoms with E-state index >= 15 is 0 Å². The lowest BCUT2D eigenvalue weighted by Gasteiger charge is -2.08. The quantitative estimate of drug-likeness (QED) is 0.898. The highest BCUT2D eigenvalue weighted by Gasteiger charge is 2.11. The smallest absolute Gasteiger partial charge is 0.0868 e. The van der Waals surface area contributed by atoms with Crippen molar-refractivity contribution in [3.05, 3.63) is 51.1 Å². The van der Waals surface area contributed by atoms with E-state index in [2.05, 4.69) is 4.98 Å². The van der Waals surface area contributed by atoms with Gasteiger partial charge >= 0.3 is 0 Å². The number of aromatic nitrogens is 1. The van der Waals surface area contributed by atoms with Gasteiger partial charge in [-0.05, 0) is 24.3 Å². The van der Waals surface area contributed by atoms with Crippen molar-refractivity contribution in [1.82, 2.24) is 4.98 Å². The van der Waals surface area contributed by atoms with Crippen LogP contribution in [0.4, 0.5) is 0 Å². The number of halogens is 3. The molecular weight excluding hydrogens is 280 g/mol. The van der Waals surface area contributed by atoms with Crippen molar-refractivity contribution >= 4 is 34.8 Å². The van der Waals surface area contributed by atoms with Crippen LogP contribution in [0.15, 0.2) is 30.3 Å². The Morgan fingerprint density at radius 2 is 1.59 bits per heavy atom. The first kappa shape index (κ1) is 12.7. The SMILES string of the molecule is OCc1nc(-c2c(Cl)cccc2Cl)ccc1Cl. The third-order valence-electron chi connectivity index (χ3n) is 2.29. The molecule has 0 unspecified atom stereocenters. The van der Waals surface area contributed by atoms with Crippen molar-refractivity contribution in [2.75, 3.05) is 0 Å². The number of aliphatic hydroxyl groups excluding tert-OH is 1. The van der Waals surface area contributed by atoms with Crippen LogP contribution in [0.5, 0.6) is 0 Å². The number of hydrogen-bond acceptors (Lipinski definition) is 2. The van der Waals surface area contributed by atoms with Crippen molar-refractivity contribution in [3.8, 4) is 11.3 Å². The summed E-state index contributed by atoms with van der Waals surface area (Å²) in [5.41, 5.74) is 1.64. The van der Waals surface area contributed by atoms with E-state index in [1.54, 1.807) is 30.3 Å². The Bertz CT molecular complexity index is 537. The summed E-state index contributed by atoms with van der Waals surface area (Å²) in [4.78, 5) is 4.23. The summed E-state index contributed by atoms with van der Waals surface area (Å²) in [6.45, 7) is -0.227. The van der Waals surface area contributed by atoms with Gasteiger partial charge in [0.1, 0.15) is 0 Å². The average molecular weight is 289 g/mol. The Kier molecular flexibility index (Phi) is 3.89. The summed E-state index contributed by atoms with van der Waals surface area (Å²) in [5.74, 6) is 0. The zero-order valence-electron chi connectivity index (χ0n) is 8.62. The number of pyridine rings is 1. The number of nitrogens with zero attached hydrogens (tertiary/aromatic N) is 1. The van der Waals surface area contributed by atoms with E-state index in [0.29, 0.717) is 32.0 Å². The van der Waals surface area contributed by atoms with Crippen LogP contribution < -0.4 is 0 Å². The predicted octanol–water partition coefficient (Wildman–Crippen LogP) is 4.20. The number of rotatable bonds is 2. The highest BCUT2D eigenvalue weighted by atomic mass is 35.5. The molecule has 0 amide bonds. The fourth-order valence-electron chi connectivity index (χ4n) is 1.48. The van der Waals surface area contributed by atoms with Crippen LogP contribution in [-0.4, -0.2) is 10.1 Å². The molecule has 0 radical (unpaired) electrons. The molecule has 1 aromatic carbocycles. The zero-order valence-corrected chi connectivity index (χ0v) is 10.9. The van der Waals surface area contributed by atoms with Gasteiger partial charge < -0.3 is 5.11 Å². The van der Waals surface area contributed by atoms with E-state index in [0.717, 1.165) is 0 Å². The Labute approximate surface area is 114 Å². The van der Waals surface area contributed by atoms with Crippen molar-refractivity contribution in [2.24, 2.45) is 0 Å². The van der Waals surface area contributed by atoms with Gasteiger partial charge in [0.15, 0.2) is 0 Å². The lowest BCUT2D eigenvalue weighted by molar-refractivity contribution is 0.277. The number of hydrogen-bond donors (Lipinski definition) is 1. The molecule has 0 bridgehead atoms. The molecule has 0 atom stereocenters. The standard InChI is InChI=1S/C12H8Cl3NO/c13-7-4-5-10(16-11(7)6-17)12-8(14)2-1-3-9(12)15/h1-5,17H,6H2. The second-order valence-electron chi connectivity index (χ2n) is 3.38. The minimum atomic E-state index is -0.227. The van der Waals surface area contributed by atoms with Crippen LogP contribution in [0.1, 0.15) is 5.69 Å². The third-order valence-corrected chi connectivity index (χ3v) is 3.26. The normalized spacial score (nSPS) is 10.6. The van der Waals surface area contributed by atoms with Gasteiger partial charge in [0, 0.05) is 5.56 Å². The second-order valence-corrected chi connectivity index (χ2v) is 4.60. The summed E-state index contributed by atoms with van der Waals surface area (Å²) < 4.78 is 0. The van der Waals surface area contributed by atoms with E-state index in [1.165, 1.54) is 0 Å². The van der Waals surface area contributed by atoms with Gasteiger partial charge in [-0.3, -0.25) is 0 Å². The van der Waals surface area contributed by atoms with Crippen LogP contribution in [-0.2, 0) is 6.61 Å². The third kappa shape index (κ3) is 2.55. The predicted molar refractivity (Wildman–Crippen MR) is 70.6 cm³/mol. The van der Waals surface area contributed by atoms with Gasteiger partial charge in [-0.15, -0.1) is 0 Å². The first-order valence-corrected chi connectivity index (χ1v) is 5.97. The van der Waals surface area contributed by atoms with Crippen molar-refractivity contribution < 1.29 is 5.11 Å². The van der Waals surface area contributed by atoms with Gasteiger partial charge in [0.05, 0.1) is 33.1 Å². The summed E-state index contributed by atoms with van der Waals surface area (Å²) in [6.07, 6.45) is 0. The van der Waals surface area contributed by atoms with Gasteiger partial charge in [-0.2, -0.15) is 0 Å². The van der Waals surface area contributed by atoms with Crippen molar-refractivity contribution in [2.45, 2.75) is 6.61 Å². The molecule has 2 aromatic rings. The number of aliphatic hydroxyl groups is 1. The molecule has 1 N–H and O–H groups in total. The van der Waals surface area contributed by atoms with Gasteiger partial charge in [0.25, 0.3) is 0 Å². The fourth-order valence-corrected chi connectivity index (χ4v) is 2.23. The van der Waals surface area contributed by atoms with Crippen LogP contribution in [0.2, 0.25) is 15.1 Å². The number of benzene rings is 1. The van der Waals surface area contributed by atoms with Gasteiger partial charge in [0.2, 0.25) is 0 Å². The molecule has 0 fully saturated rings. The molecule has 1 aromatic heterocycles. The Hall–Kier alpha value is -0.800. The molecule has 2 nitrogen and oxygen atoms in total. The van der Waals surface area contributed by atoms with Gasteiger partial charge in [-0.1, -0.05) is 40.9 Å². The largest absolute Gasteiger partial charge is 0.390 e. The van der Waals surface area contributed by atoms with E-state index < -0.39 is 0 Å². The fraction of sp³-hybridized carbons (Fsp3) is 0.0833. The molecule has 88 valence electrons.